The van der Waals surface area contributed by atoms with Crippen LogP contribution in [0.15, 0.2) is 24.5 Å². The van der Waals surface area contributed by atoms with Crippen molar-refractivity contribution in [2.45, 2.75) is 56.8 Å². The van der Waals surface area contributed by atoms with E-state index in [9.17, 15) is 13.2 Å². The van der Waals surface area contributed by atoms with Gasteiger partial charge in [-0.3, -0.25) is 4.68 Å². The van der Waals surface area contributed by atoms with Gasteiger partial charge < -0.3 is 9.64 Å². The summed E-state index contributed by atoms with van der Waals surface area (Å²) < 4.78 is 47.3. The molecular formula is C23H25F3N6O. The minimum absolute atomic E-state index is 0.0645. The number of ether oxygens (including phenoxy) is 1. The molecule has 0 bridgehead atoms. The standard InChI is InChI=1S/C23H25F3N6O/c1-13-2-5-18-20(14-8-16(9-14)23(24,25)26)29-22(30-21(18)28-13)31-6-7-33-19(12-31)15-10-27-32(11-15)17-3-4-17/h2,5,10-11,14,16-17,19H,3-4,6-9,12H2,1H3/t14?,16?,19-/m1/s1. The third-order valence-electron chi connectivity index (χ3n) is 6.97. The zero-order valence-corrected chi connectivity index (χ0v) is 18.3. The third-order valence-corrected chi connectivity index (χ3v) is 6.97. The predicted octanol–water partition coefficient (Wildman–Crippen LogP) is 4.50. The smallest absolute Gasteiger partial charge is 0.370 e. The van der Waals surface area contributed by atoms with Gasteiger partial charge in [-0.05, 0) is 44.7 Å². The molecule has 0 aromatic carbocycles. The number of hydrogen-bond acceptors (Lipinski definition) is 6. The van der Waals surface area contributed by atoms with E-state index in [0.29, 0.717) is 43.0 Å². The molecule has 3 aromatic heterocycles. The molecule has 174 valence electrons. The largest absolute Gasteiger partial charge is 0.391 e. The van der Waals surface area contributed by atoms with Crippen LogP contribution < -0.4 is 4.90 Å². The molecule has 1 atom stereocenters. The Labute approximate surface area is 189 Å². The lowest BCUT2D eigenvalue weighted by atomic mass is 9.72. The lowest BCUT2D eigenvalue weighted by molar-refractivity contribution is -0.197. The van der Waals surface area contributed by atoms with E-state index in [1.165, 1.54) is 0 Å². The molecule has 0 unspecified atom stereocenters. The summed E-state index contributed by atoms with van der Waals surface area (Å²) in [5.74, 6) is -0.988. The fourth-order valence-electron chi connectivity index (χ4n) is 4.77. The van der Waals surface area contributed by atoms with E-state index >= 15 is 0 Å². The van der Waals surface area contributed by atoms with Crippen LogP contribution in [0, 0.1) is 12.8 Å². The van der Waals surface area contributed by atoms with Gasteiger partial charge in [0.05, 0.1) is 37.0 Å². The van der Waals surface area contributed by atoms with Crippen LogP contribution in [-0.4, -0.2) is 50.6 Å². The molecule has 2 saturated carbocycles. The number of nitrogens with zero attached hydrogens (tertiary/aromatic N) is 6. The number of halogens is 3. The maximum Gasteiger partial charge on any atom is 0.391 e. The van der Waals surface area contributed by atoms with E-state index in [2.05, 4.69) is 21.2 Å². The summed E-state index contributed by atoms with van der Waals surface area (Å²) in [6.45, 7) is 3.56. The molecule has 3 fully saturated rings. The Balaban J connectivity index is 1.30. The highest BCUT2D eigenvalue weighted by Crippen LogP contribution is 2.50. The number of pyridine rings is 1. The number of aromatic nitrogens is 5. The number of fused-ring (bicyclic) bond motifs is 1. The van der Waals surface area contributed by atoms with E-state index in [1.54, 1.807) is 0 Å². The van der Waals surface area contributed by atoms with E-state index < -0.39 is 12.1 Å². The molecule has 1 aliphatic heterocycles. The van der Waals surface area contributed by atoms with Crippen molar-refractivity contribution >= 4 is 17.0 Å². The lowest BCUT2D eigenvalue weighted by Gasteiger charge is -2.37. The number of aryl methyl sites for hydroxylation is 1. The molecule has 4 heterocycles. The zero-order valence-electron chi connectivity index (χ0n) is 18.3. The van der Waals surface area contributed by atoms with Gasteiger partial charge in [-0.1, -0.05) is 0 Å². The van der Waals surface area contributed by atoms with Crippen LogP contribution in [0.4, 0.5) is 19.1 Å². The second-order valence-electron chi connectivity index (χ2n) is 9.43. The molecular weight excluding hydrogens is 433 g/mol. The predicted molar refractivity (Wildman–Crippen MR) is 115 cm³/mol. The molecule has 3 aromatic rings. The van der Waals surface area contributed by atoms with Gasteiger partial charge in [0.25, 0.3) is 0 Å². The van der Waals surface area contributed by atoms with E-state index in [0.717, 1.165) is 29.5 Å². The average Bonchev–Trinajstić information content (AvgIpc) is 3.48. The quantitative estimate of drug-likeness (QED) is 0.574. The van der Waals surface area contributed by atoms with Crippen molar-refractivity contribution in [3.8, 4) is 0 Å². The van der Waals surface area contributed by atoms with Crippen LogP contribution in [0.3, 0.4) is 0 Å². The first-order chi connectivity index (χ1) is 15.8. The SMILES string of the molecule is Cc1ccc2c(C3CC(C(F)(F)F)C3)nc(N3CCO[C@@H](c4cnn(C5CC5)c4)C3)nc2n1. The highest BCUT2D eigenvalue weighted by Gasteiger charge is 2.49. The zero-order chi connectivity index (χ0) is 22.7. The van der Waals surface area contributed by atoms with Crippen LogP contribution in [0.2, 0.25) is 0 Å². The maximum atomic E-state index is 13.1. The van der Waals surface area contributed by atoms with Gasteiger partial charge in [0.1, 0.15) is 6.10 Å². The Morgan fingerprint density at radius 1 is 1.09 bits per heavy atom. The molecule has 1 saturated heterocycles. The van der Waals surface area contributed by atoms with Gasteiger partial charge in [-0.2, -0.15) is 23.3 Å². The summed E-state index contributed by atoms with van der Waals surface area (Å²) >= 11 is 0. The molecule has 10 heteroatoms. The Hall–Kier alpha value is -2.75. The molecule has 0 N–H and O–H groups in total. The first kappa shape index (κ1) is 20.8. The normalized spacial score (nSPS) is 25.9. The van der Waals surface area contributed by atoms with Crippen molar-refractivity contribution in [2.75, 3.05) is 24.6 Å². The van der Waals surface area contributed by atoms with Crippen LogP contribution in [0.1, 0.15) is 60.7 Å². The average molecular weight is 458 g/mol. The van der Waals surface area contributed by atoms with E-state index in [4.69, 9.17) is 14.7 Å². The molecule has 6 rings (SSSR count). The second kappa shape index (κ2) is 7.65. The highest BCUT2D eigenvalue weighted by atomic mass is 19.4. The Kier molecular flexibility index (Phi) is 4.83. The monoisotopic (exact) mass is 458 g/mol. The van der Waals surface area contributed by atoms with Crippen LogP contribution in [-0.2, 0) is 4.74 Å². The van der Waals surface area contributed by atoms with Crippen molar-refractivity contribution in [1.29, 1.82) is 0 Å². The lowest BCUT2D eigenvalue weighted by Crippen LogP contribution is -2.40. The van der Waals surface area contributed by atoms with Gasteiger partial charge in [0.2, 0.25) is 5.95 Å². The van der Waals surface area contributed by atoms with Gasteiger partial charge >= 0.3 is 6.18 Å². The van der Waals surface area contributed by atoms with Crippen LogP contribution in [0.5, 0.6) is 0 Å². The molecule has 7 nitrogen and oxygen atoms in total. The Morgan fingerprint density at radius 2 is 1.91 bits per heavy atom. The molecule has 0 amide bonds. The Bertz CT molecular complexity index is 1180. The number of morpholine rings is 1. The summed E-state index contributed by atoms with van der Waals surface area (Å²) in [6, 6.07) is 4.24. The summed E-state index contributed by atoms with van der Waals surface area (Å²) in [6.07, 6.45) is 2.05. The summed E-state index contributed by atoms with van der Waals surface area (Å²) in [7, 11) is 0. The van der Waals surface area contributed by atoms with Gasteiger partial charge in [0.15, 0.2) is 5.65 Å². The molecule has 3 aliphatic rings. The van der Waals surface area contributed by atoms with Crippen molar-refractivity contribution < 1.29 is 17.9 Å². The molecule has 0 radical (unpaired) electrons. The number of hydrogen-bond donors (Lipinski definition) is 0. The van der Waals surface area contributed by atoms with Crippen molar-refractivity contribution in [3.05, 3.63) is 41.5 Å². The first-order valence-corrected chi connectivity index (χ1v) is 11.5. The fourth-order valence-corrected chi connectivity index (χ4v) is 4.77. The maximum absolute atomic E-state index is 13.1. The van der Waals surface area contributed by atoms with Gasteiger partial charge in [-0.15, -0.1) is 0 Å². The fraction of sp³-hybridized carbons (Fsp3) is 0.565. The first-order valence-electron chi connectivity index (χ1n) is 11.5. The molecule has 0 spiro atoms. The Morgan fingerprint density at radius 3 is 2.67 bits per heavy atom. The van der Waals surface area contributed by atoms with E-state index in [-0.39, 0.29) is 24.9 Å². The summed E-state index contributed by atoms with van der Waals surface area (Å²) in [5, 5.41) is 5.21. The minimum atomic E-state index is -4.15. The number of alkyl halides is 3. The van der Waals surface area contributed by atoms with Gasteiger partial charge in [0, 0.05) is 35.3 Å². The highest BCUT2D eigenvalue weighted by molar-refractivity contribution is 5.79. The van der Waals surface area contributed by atoms with Crippen molar-refractivity contribution in [3.63, 3.8) is 0 Å². The minimum Gasteiger partial charge on any atom is -0.370 e. The number of anilines is 1. The summed E-state index contributed by atoms with van der Waals surface area (Å²) in [4.78, 5) is 16.1. The van der Waals surface area contributed by atoms with Gasteiger partial charge in [-0.25, -0.2) is 9.97 Å². The third kappa shape index (κ3) is 3.94. The van der Waals surface area contributed by atoms with Crippen molar-refractivity contribution in [2.24, 2.45) is 5.92 Å². The summed E-state index contributed by atoms with van der Waals surface area (Å²) in [5.41, 5.74) is 3.04. The van der Waals surface area contributed by atoms with Crippen LogP contribution in [0.25, 0.3) is 11.0 Å². The van der Waals surface area contributed by atoms with E-state index in [1.807, 2.05) is 29.9 Å². The molecule has 33 heavy (non-hydrogen) atoms. The van der Waals surface area contributed by atoms with Crippen LogP contribution >= 0.6 is 0 Å². The molecule has 2 aliphatic carbocycles. The second-order valence-corrected chi connectivity index (χ2v) is 9.43. The topological polar surface area (TPSA) is 69.0 Å². The number of rotatable bonds is 4. The van der Waals surface area contributed by atoms with Crippen molar-refractivity contribution in [1.82, 2.24) is 24.7 Å².